The molecule has 1 aromatic carbocycles. The van der Waals surface area contributed by atoms with Gasteiger partial charge in [0.25, 0.3) is 0 Å². The molecule has 0 heterocycles. The molecule has 1 aromatic rings. The summed E-state index contributed by atoms with van der Waals surface area (Å²) < 4.78 is 17.8. The highest BCUT2D eigenvalue weighted by atomic mass is 19.1. The molecule has 1 rings (SSSR count). The predicted octanol–water partition coefficient (Wildman–Crippen LogP) is 1.80. The third-order valence-electron chi connectivity index (χ3n) is 1.75. The molecule has 2 N–H and O–H groups in total. The Morgan fingerprint density at radius 2 is 2.00 bits per heavy atom. The van der Waals surface area contributed by atoms with Crippen molar-refractivity contribution in [2.75, 3.05) is 13.2 Å². The van der Waals surface area contributed by atoms with E-state index in [9.17, 15) is 4.39 Å². The van der Waals surface area contributed by atoms with Crippen molar-refractivity contribution in [3.05, 3.63) is 30.1 Å². The third kappa shape index (κ3) is 3.42. The zero-order valence-corrected chi connectivity index (χ0v) is 7.66. The molecule has 2 nitrogen and oxygen atoms in total. The van der Waals surface area contributed by atoms with E-state index in [1.807, 2.05) is 6.92 Å². The van der Waals surface area contributed by atoms with E-state index in [1.54, 1.807) is 12.1 Å². The number of nitrogens with two attached hydrogens (primary N) is 1. The maximum absolute atomic E-state index is 12.5. The maximum atomic E-state index is 12.5. The normalized spacial score (nSPS) is 12.5. The summed E-state index contributed by atoms with van der Waals surface area (Å²) in [6.45, 7) is 3.17. The molecule has 0 aromatic heterocycles. The van der Waals surface area contributed by atoms with Crippen LogP contribution in [-0.2, 0) is 0 Å². The summed E-state index contributed by atoms with van der Waals surface area (Å²) in [5, 5.41) is 0. The maximum Gasteiger partial charge on any atom is 0.123 e. The Hall–Kier alpha value is -1.09. The molecule has 0 fully saturated rings. The Balaban J connectivity index is 2.41. The fourth-order valence-electron chi connectivity index (χ4n) is 0.837. The van der Waals surface area contributed by atoms with Crippen molar-refractivity contribution in [3.63, 3.8) is 0 Å². The number of benzene rings is 1. The first-order valence-corrected chi connectivity index (χ1v) is 4.31. The van der Waals surface area contributed by atoms with Crippen LogP contribution < -0.4 is 10.5 Å². The van der Waals surface area contributed by atoms with E-state index >= 15 is 0 Å². The van der Waals surface area contributed by atoms with Gasteiger partial charge in [-0.3, -0.25) is 0 Å². The van der Waals surface area contributed by atoms with Crippen LogP contribution >= 0.6 is 0 Å². The van der Waals surface area contributed by atoms with Gasteiger partial charge in [0.1, 0.15) is 11.6 Å². The Morgan fingerprint density at radius 3 is 2.54 bits per heavy atom. The first kappa shape index (κ1) is 9.99. The average Bonchev–Trinajstić information content (AvgIpc) is 2.16. The van der Waals surface area contributed by atoms with E-state index in [0.29, 0.717) is 24.8 Å². The molecule has 1 atom stereocenters. The van der Waals surface area contributed by atoms with Crippen LogP contribution in [0.3, 0.4) is 0 Å². The van der Waals surface area contributed by atoms with E-state index in [0.717, 1.165) is 0 Å². The van der Waals surface area contributed by atoms with Crippen LogP contribution in [0.15, 0.2) is 24.3 Å². The lowest BCUT2D eigenvalue weighted by atomic mass is 10.2. The fraction of sp³-hybridized carbons (Fsp3) is 0.400. The Kier molecular flexibility index (Phi) is 3.71. The highest BCUT2D eigenvalue weighted by Gasteiger charge is 2.00. The zero-order valence-electron chi connectivity index (χ0n) is 7.66. The van der Waals surface area contributed by atoms with E-state index in [1.165, 1.54) is 12.1 Å². The zero-order chi connectivity index (χ0) is 9.68. The summed E-state index contributed by atoms with van der Waals surface area (Å²) in [4.78, 5) is 0. The summed E-state index contributed by atoms with van der Waals surface area (Å²) in [5.74, 6) is 0.756. The van der Waals surface area contributed by atoms with Crippen molar-refractivity contribution >= 4 is 0 Å². The molecule has 0 saturated heterocycles. The minimum atomic E-state index is -0.251. The lowest BCUT2D eigenvalue weighted by Gasteiger charge is -2.10. The topological polar surface area (TPSA) is 35.2 Å². The number of hydrogen-bond donors (Lipinski definition) is 1. The van der Waals surface area contributed by atoms with Gasteiger partial charge in [-0.2, -0.15) is 0 Å². The van der Waals surface area contributed by atoms with Crippen LogP contribution in [0.1, 0.15) is 6.92 Å². The molecule has 13 heavy (non-hydrogen) atoms. The summed E-state index contributed by atoms with van der Waals surface area (Å²) >= 11 is 0. The molecule has 0 aliphatic carbocycles. The molecule has 0 amide bonds. The molecule has 0 saturated carbocycles. The number of rotatable bonds is 4. The second-order valence-corrected chi connectivity index (χ2v) is 3.11. The molecule has 0 aliphatic rings. The van der Waals surface area contributed by atoms with Gasteiger partial charge in [-0.1, -0.05) is 6.92 Å². The summed E-state index contributed by atoms with van der Waals surface area (Å²) in [7, 11) is 0. The van der Waals surface area contributed by atoms with Crippen LogP contribution in [0.25, 0.3) is 0 Å². The van der Waals surface area contributed by atoms with Gasteiger partial charge in [0, 0.05) is 5.92 Å². The highest BCUT2D eigenvalue weighted by molar-refractivity contribution is 5.21. The molecule has 0 radical (unpaired) electrons. The smallest absolute Gasteiger partial charge is 0.123 e. The van der Waals surface area contributed by atoms with Crippen LogP contribution in [0.4, 0.5) is 4.39 Å². The van der Waals surface area contributed by atoms with Crippen molar-refractivity contribution in [3.8, 4) is 5.75 Å². The van der Waals surface area contributed by atoms with Crippen molar-refractivity contribution in [1.29, 1.82) is 0 Å². The van der Waals surface area contributed by atoms with Crippen LogP contribution in [0, 0.1) is 11.7 Å². The molecule has 0 spiro atoms. The first-order chi connectivity index (χ1) is 6.22. The van der Waals surface area contributed by atoms with Gasteiger partial charge in [0.15, 0.2) is 0 Å². The standard InChI is InChI=1S/C10H14FNO/c1-8(6-12)7-13-10-4-2-9(11)3-5-10/h2-5,8H,6-7,12H2,1H3. The van der Waals surface area contributed by atoms with Crippen LogP contribution in [-0.4, -0.2) is 13.2 Å². The van der Waals surface area contributed by atoms with Gasteiger partial charge in [0.05, 0.1) is 6.61 Å². The first-order valence-electron chi connectivity index (χ1n) is 4.31. The quantitative estimate of drug-likeness (QED) is 0.772. The molecule has 72 valence electrons. The van der Waals surface area contributed by atoms with Gasteiger partial charge in [-0.15, -0.1) is 0 Å². The Morgan fingerprint density at radius 1 is 1.38 bits per heavy atom. The molecule has 3 heteroatoms. The monoisotopic (exact) mass is 183 g/mol. The molecule has 1 unspecified atom stereocenters. The van der Waals surface area contributed by atoms with Crippen LogP contribution in [0.5, 0.6) is 5.75 Å². The minimum absolute atomic E-state index is 0.251. The van der Waals surface area contributed by atoms with Crippen LogP contribution in [0.2, 0.25) is 0 Å². The van der Waals surface area contributed by atoms with E-state index in [4.69, 9.17) is 10.5 Å². The highest BCUT2D eigenvalue weighted by Crippen LogP contribution is 2.11. The number of ether oxygens (including phenoxy) is 1. The third-order valence-corrected chi connectivity index (χ3v) is 1.75. The SMILES string of the molecule is CC(CN)COc1ccc(F)cc1. The minimum Gasteiger partial charge on any atom is -0.493 e. The van der Waals surface area contributed by atoms with Crippen molar-refractivity contribution in [2.45, 2.75) is 6.92 Å². The Labute approximate surface area is 77.5 Å². The van der Waals surface area contributed by atoms with Crippen molar-refractivity contribution in [2.24, 2.45) is 11.7 Å². The molecular formula is C10H14FNO. The molecule has 0 aliphatic heterocycles. The lowest BCUT2D eigenvalue weighted by molar-refractivity contribution is 0.263. The van der Waals surface area contributed by atoms with E-state index < -0.39 is 0 Å². The average molecular weight is 183 g/mol. The Bertz CT molecular complexity index is 248. The second-order valence-electron chi connectivity index (χ2n) is 3.11. The van der Waals surface area contributed by atoms with Gasteiger partial charge in [0.2, 0.25) is 0 Å². The second kappa shape index (κ2) is 4.82. The van der Waals surface area contributed by atoms with Gasteiger partial charge in [-0.05, 0) is 30.8 Å². The van der Waals surface area contributed by atoms with Gasteiger partial charge < -0.3 is 10.5 Å². The summed E-state index contributed by atoms with van der Waals surface area (Å²) in [6, 6.07) is 5.97. The fourth-order valence-corrected chi connectivity index (χ4v) is 0.837. The van der Waals surface area contributed by atoms with E-state index in [-0.39, 0.29) is 5.82 Å². The van der Waals surface area contributed by atoms with Gasteiger partial charge in [-0.25, -0.2) is 4.39 Å². The summed E-state index contributed by atoms with van der Waals surface area (Å²) in [5.41, 5.74) is 5.42. The van der Waals surface area contributed by atoms with E-state index in [2.05, 4.69) is 0 Å². The lowest BCUT2D eigenvalue weighted by Crippen LogP contribution is -2.18. The molecular weight excluding hydrogens is 169 g/mol. The summed E-state index contributed by atoms with van der Waals surface area (Å²) in [6.07, 6.45) is 0. The molecule has 0 bridgehead atoms. The number of halogens is 1. The number of hydrogen-bond acceptors (Lipinski definition) is 2. The predicted molar refractivity (Wildman–Crippen MR) is 50.1 cm³/mol. The van der Waals surface area contributed by atoms with Gasteiger partial charge >= 0.3 is 0 Å². The van der Waals surface area contributed by atoms with Crippen molar-refractivity contribution in [1.82, 2.24) is 0 Å². The largest absolute Gasteiger partial charge is 0.493 e. The van der Waals surface area contributed by atoms with Crippen molar-refractivity contribution < 1.29 is 9.13 Å².